The maximum Gasteiger partial charge on any atom is 0.470 e. The minimum atomic E-state index is -5.57. The Hall–Kier alpha value is -3.72. The molecule has 109 heavy (non-hydrogen) atoms. The predicted molar refractivity (Wildman–Crippen MR) is 435 cm³/mol. The van der Waals surface area contributed by atoms with Crippen LogP contribution in [-0.2, 0) is 71.1 Å². The van der Waals surface area contributed by atoms with Crippen molar-refractivity contribution in [3.63, 3.8) is 0 Å². The molecular formula is C87H163N2O19P. The second kappa shape index (κ2) is 72.0. The normalized spacial score (nSPS) is 17.0. The average molecular weight is 1570 g/mol. The molecule has 1 saturated heterocycles. The van der Waals surface area contributed by atoms with Crippen molar-refractivity contribution in [2.75, 3.05) is 13.2 Å². The van der Waals surface area contributed by atoms with E-state index < -0.39 is 131 Å². The molecule has 0 spiro atoms. The minimum absolute atomic E-state index is 0.127. The van der Waals surface area contributed by atoms with Crippen molar-refractivity contribution in [3.05, 3.63) is 0 Å². The topological polar surface area (TPSA) is 306 Å². The van der Waals surface area contributed by atoms with Crippen molar-refractivity contribution in [1.82, 2.24) is 10.6 Å². The zero-order chi connectivity index (χ0) is 80.1. The van der Waals surface area contributed by atoms with Crippen LogP contribution in [0.1, 0.15) is 446 Å². The number of carboxylic acids is 1. The van der Waals surface area contributed by atoms with Crippen LogP contribution in [-0.4, -0.2) is 130 Å². The number of aliphatic carboxylic acids is 1. The third kappa shape index (κ3) is 60.5. The number of carbonyl (C=O) groups excluding carboxylic acids is 6. The van der Waals surface area contributed by atoms with Crippen molar-refractivity contribution < 1.29 is 91.1 Å². The van der Waals surface area contributed by atoms with Crippen LogP contribution in [0, 0.1) is 0 Å². The Balaban J connectivity index is 3.85. The average Bonchev–Trinajstić information content (AvgIpc) is 0.780. The van der Waals surface area contributed by atoms with Crippen LogP contribution in [0.15, 0.2) is 0 Å². The zero-order valence-corrected chi connectivity index (χ0v) is 70.9. The van der Waals surface area contributed by atoms with Gasteiger partial charge in [0.2, 0.25) is 11.8 Å². The fourth-order valence-electron chi connectivity index (χ4n) is 14.6. The van der Waals surface area contributed by atoms with Crippen LogP contribution in [0.3, 0.4) is 0 Å². The number of ether oxygens (including phenoxy) is 6. The van der Waals surface area contributed by atoms with Crippen LogP contribution >= 0.6 is 7.82 Å². The molecule has 1 aliphatic heterocycles. The molecule has 9 atom stereocenters. The Morgan fingerprint density at radius 2 is 0.661 bits per heavy atom. The molecule has 1 heterocycles. The summed E-state index contributed by atoms with van der Waals surface area (Å²) < 4.78 is 55.2. The van der Waals surface area contributed by atoms with Crippen molar-refractivity contribution in [1.29, 1.82) is 0 Å². The van der Waals surface area contributed by atoms with E-state index >= 15 is 0 Å². The van der Waals surface area contributed by atoms with Gasteiger partial charge < -0.3 is 59.1 Å². The minimum Gasteiger partial charge on any atom is -0.480 e. The standard InChI is InChI=1S/C87H163N2O19P/c1-7-13-19-25-31-37-43-49-55-61-72(103-79(93)64-58-52-46-40-34-28-22-16-10-4)67-77(91)88-75(86(97)98)71-102-87-83(89-78(92)68-73(62-56-50-44-38-32-26-20-14-8-2)104-80(94)65-59-53-47-41-35-29-23-17-11-5)85(84(76(70-90)106-87)108-109(99,100)101)107-82(96)69-74(63-57-51-45-39-33-27-21-15-9-3)105-81(95)66-60-54-48-42-36-30-24-18-12-6/h72-76,83-85,87,90H,7-71H2,1-6H3,(H,88,91)(H,89,92)(H,97,98)(H2,99,100,101)/t72-,73-,74-,75+,76-,83-,84-,85-,87?/m1/s1. The molecule has 640 valence electrons. The predicted octanol–water partition coefficient (Wildman–Crippen LogP) is 21.6. The van der Waals surface area contributed by atoms with Gasteiger partial charge in [-0.15, -0.1) is 0 Å². The number of rotatable bonds is 79. The molecule has 21 nitrogen and oxygen atoms in total. The van der Waals surface area contributed by atoms with E-state index in [1.165, 1.54) is 122 Å². The lowest BCUT2D eigenvalue weighted by atomic mass is 9.95. The summed E-state index contributed by atoms with van der Waals surface area (Å²) in [6.45, 7) is 11.2. The van der Waals surface area contributed by atoms with Gasteiger partial charge in [0.05, 0.1) is 32.5 Å². The van der Waals surface area contributed by atoms with E-state index in [2.05, 4.69) is 52.2 Å². The lowest BCUT2D eigenvalue weighted by Gasteiger charge is -2.45. The molecule has 0 saturated carbocycles. The lowest BCUT2D eigenvalue weighted by Crippen LogP contribution is -2.66. The summed E-state index contributed by atoms with van der Waals surface area (Å²) in [5, 5.41) is 27.1. The maximum atomic E-state index is 14.9. The van der Waals surface area contributed by atoms with Gasteiger partial charge >= 0.3 is 37.7 Å². The third-order valence-electron chi connectivity index (χ3n) is 21.2. The molecule has 22 heteroatoms. The number of phosphoric ester groups is 1. The van der Waals surface area contributed by atoms with E-state index in [1.807, 2.05) is 0 Å². The molecule has 0 radical (unpaired) electrons. The summed E-state index contributed by atoms with van der Waals surface area (Å²) in [6, 6.07) is -3.60. The van der Waals surface area contributed by atoms with E-state index in [0.717, 1.165) is 186 Å². The summed E-state index contributed by atoms with van der Waals surface area (Å²) in [4.78, 5) is 119. The second-order valence-corrected chi connectivity index (χ2v) is 32.9. The first-order chi connectivity index (χ1) is 52.8. The molecule has 2 amide bonds. The molecule has 0 aromatic rings. The Bertz CT molecular complexity index is 2280. The number of carboxylic acid groups (broad SMARTS) is 1. The van der Waals surface area contributed by atoms with E-state index in [-0.39, 0.29) is 32.1 Å². The summed E-state index contributed by atoms with van der Waals surface area (Å²) >= 11 is 0. The van der Waals surface area contributed by atoms with Gasteiger partial charge in [-0.25, -0.2) is 9.36 Å². The van der Waals surface area contributed by atoms with Crippen LogP contribution in [0.5, 0.6) is 0 Å². The number of aliphatic hydroxyl groups is 1. The largest absolute Gasteiger partial charge is 0.480 e. The molecule has 1 rings (SSSR count). The van der Waals surface area contributed by atoms with Crippen molar-refractivity contribution in [2.45, 2.75) is 501 Å². The number of hydrogen-bond donors (Lipinski definition) is 6. The summed E-state index contributed by atoms with van der Waals surface area (Å²) in [6.07, 6.45) is 45.8. The number of carbonyl (C=O) groups is 7. The van der Waals surface area contributed by atoms with E-state index in [0.29, 0.717) is 51.4 Å². The van der Waals surface area contributed by atoms with Crippen LogP contribution in [0.4, 0.5) is 0 Å². The summed E-state index contributed by atoms with van der Waals surface area (Å²) in [5.41, 5.74) is 0. The molecule has 0 aromatic carbocycles. The number of aliphatic hydroxyl groups excluding tert-OH is 1. The number of phosphoric acid groups is 1. The van der Waals surface area contributed by atoms with Crippen LogP contribution in [0.2, 0.25) is 0 Å². The van der Waals surface area contributed by atoms with Crippen molar-refractivity contribution in [3.8, 4) is 0 Å². The molecule has 1 aliphatic rings. The molecular weight excluding hydrogens is 1410 g/mol. The van der Waals surface area contributed by atoms with Crippen LogP contribution in [0.25, 0.3) is 0 Å². The highest BCUT2D eigenvalue weighted by Crippen LogP contribution is 2.42. The molecule has 6 N–H and O–H groups in total. The number of unbranched alkanes of at least 4 members (excludes halogenated alkanes) is 48. The third-order valence-corrected chi connectivity index (χ3v) is 21.7. The second-order valence-electron chi connectivity index (χ2n) is 31.7. The Labute approximate surface area is 662 Å². The summed E-state index contributed by atoms with van der Waals surface area (Å²) in [5.74, 6) is -5.51. The smallest absolute Gasteiger partial charge is 0.470 e. The quantitative estimate of drug-likeness (QED) is 0.0143. The van der Waals surface area contributed by atoms with Gasteiger partial charge in [-0.2, -0.15) is 0 Å². The van der Waals surface area contributed by atoms with Gasteiger partial charge in [-0.3, -0.25) is 33.3 Å². The van der Waals surface area contributed by atoms with Gasteiger partial charge in [0.15, 0.2) is 18.4 Å². The maximum absolute atomic E-state index is 14.9. The SMILES string of the molecule is CCCCCCCCCCCC(=O)O[C@H](CCCCCCCCCCC)CC(=O)N[C@@H](COC1O[C@H](CO)[C@@H](OP(=O)(O)O)[C@H](OC(=O)C[C@@H](CCCCCCCCCCC)OC(=O)CCCCCCCCCCC)[C@H]1NC(=O)C[C@@H](CCCCCCCCCCC)OC(=O)CCCCCCCCCCC)C(=O)O. The summed E-state index contributed by atoms with van der Waals surface area (Å²) in [7, 11) is -5.57. The van der Waals surface area contributed by atoms with Crippen LogP contribution < -0.4 is 10.6 Å². The Morgan fingerprint density at radius 1 is 0.376 bits per heavy atom. The molecule has 0 aliphatic carbocycles. The van der Waals surface area contributed by atoms with Gasteiger partial charge in [-0.05, 0) is 57.8 Å². The first-order valence-electron chi connectivity index (χ1n) is 45.1. The fourth-order valence-corrected chi connectivity index (χ4v) is 15.1. The monoisotopic (exact) mass is 1570 g/mol. The molecule has 0 aromatic heterocycles. The van der Waals surface area contributed by atoms with Gasteiger partial charge in [0.25, 0.3) is 0 Å². The van der Waals surface area contributed by atoms with Gasteiger partial charge in [0, 0.05) is 19.3 Å². The number of hydrogen-bond acceptors (Lipinski definition) is 16. The van der Waals surface area contributed by atoms with Crippen molar-refractivity contribution in [2.24, 2.45) is 0 Å². The van der Waals surface area contributed by atoms with E-state index in [4.69, 9.17) is 32.9 Å². The van der Waals surface area contributed by atoms with Gasteiger partial charge in [0.1, 0.15) is 36.6 Å². The highest BCUT2D eigenvalue weighted by molar-refractivity contribution is 7.46. The number of esters is 4. The Kier molecular flexibility index (Phi) is 68.2. The molecule has 1 unspecified atom stereocenters. The van der Waals surface area contributed by atoms with Crippen molar-refractivity contribution >= 4 is 49.5 Å². The van der Waals surface area contributed by atoms with E-state index in [1.54, 1.807) is 0 Å². The Morgan fingerprint density at radius 3 is 0.954 bits per heavy atom. The first kappa shape index (κ1) is 103. The molecule has 0 bridgehead atoms. The van der Waals surface area contributed by atoms with E-state index in [9.17, 15) is 58.1 Å². The number of nitrogens with one attached hydrogen (secondary N) is 2. The highest BCUT2D eigenvalue weighted by Gasteiger charge is 2.52. The number of amides is 2. The molecule has 1 fully saturated rings. The highest BCUT2D eigenvalue weighted by atomic mass is 31.2. The lowest BCUT2D eigenvalue weighted by molar-refractivity contribution is -0.272. The fraction of sp³-hybridized carbons (Fsp3) is 0.920. The zero-order valence-electron chi connectivity index (χ0n) is 70.0. The first-order valence-corrected chi connectivity index (χ1v) is 46.6. The van der Waals surface area contributed by atoms with Gasteiger partial charge in [-0.1, -0.05) is 350 Å².